The molecule has 16 heavy (non-hydrogen) atoms. The molecule has 0 heterocycles. The van der Waals surface area contributed by atoms with Gasteiger partial charge in [0.05, 0.1) is 0 Å². The molecular formula is C12H13NO3. The van der Waals surface area contributed by atoms with Crippen molar-refractivity contribution < 1.29 is 14.4 Å². The molecule has 0 N–H and O–H groups in total. The highest BCUT2D eigenvalue weighted by molar-refractivity contribution is 6.22. The van der Waals surface area contributed by atoms with Gasteiger partial charge in [-0.05, 0) is 31.6 Å². The van der Waals surface area contributed by atoms with Crippen LogP contribution in [0.3, 0.4) is 0 Å². The van der Waals surface area contributed by atoms with E-state index in [1.165, 1.54) is 13.0 Å². The molecule has 0 aromatic heterocycles. The van der Waals surface area contributed by atoms with Crippen molar-refractivity contribution in [1.82, 2.24) is 0 Å². The van der Waals surface area contributed by atoms with Crippen molar-refractivity contribution in [2.24, 2.45) is 5.16 Å². The molecule has 84 valence electrons. The molecule has 0 unspecified atom stereocenters. The minimum Gasteiger partial charge on any atom is -0.318 e. The lowest BCUT2D eigenvalue weighted by Gasteiger charge is -2.08. The van der Waals surface area contributed by atoms with Crippen molar-refractivity contribution in [1.29, 1.82) is 0 Å². The Morgan fingerprint density at radius 3 is 2.69 bits per heavy atom. The molecule has 0 aromatic rings. The lowest BCUT2D eigenvalue weighted by molar-refractivity contribution is -0.140. The molecule has 0 saturated heterocycles. The fraction of sp³-hybridized carbons (Fsp3) is 0.250. The second kappa shape index (κ2) is 5.21. The third kappa shape index (κ3) is 3.02. The number of rotatable bonds is 2. The van der Waals surface area contributed by atoms with E-state index >= 15 is 0 Å². The molecule has 0 saturated carbocycles. The summed E-state index contributed by atoms with van der Waals surface area (Å²) in [6, 6.07) is 0. The van der Waals surface area contributed by atoms with Crippen LogP contribution in [0, 0.1) is 0 Å². The number of carbonyl (C=O) groups is 2. The fourth-order valence-electron chi connectivity index (χ4n) is 1.21. The van der Waals surface area contributed by atoms with Crippen LogP contribution in [0.5, 0.6) is 0 Å². The van der Waals surface area contributed by atoms with Crippen molar-refractivity contribution in [2.45, 2.75) is 20.8 Å². The summed E-state index contributed by atoms with van der Waals surface area (Å²) in [5.74, 6) is -0.560. The normalized spacial score (nSPS) is 18.7. The van der Waals surface area contributed by atoms with Gasteiger partial charge in [-0.1, -0.05) is 17.3 Å². The first-order chi connectivity index (χ1) is 7.54. The third-order valence-corrected chi connectivity index (χ3v) is 1.95. The van der Waals surface area contributed by atoms with Crippen LogP contribution in [-0.2, 0) is 14.4 Å². The first-order valence-electron chi connectivity index (χ1n) is 4.87. The van der Waals surface area contributed by atoms with Crippen LogP contribution >= 0.6 is 0 Å². The number of carbonyl (C=O) groups excluding carboxylic acids is 2. The molecule has 1 rings (SSSR count). The van der Waals surface area contributed by atoms with E-state index in [-0.39, 0.29) is 5.78 Å². The Morgan fingerprint density at radius 2 is 2.12 bits per heavy atom. The number of ketones is 1. The summed E-state index contributed by atoms with van der Waals surface area (Å²) in [7, 11) is 0. The van der Waals surface area contributed by atoms with Gasteiger partial charge in [-0.3, -0.25) is 4.79 Å². The Bertz CT molecular complexity index is 439. The number of allylic oxidation sites excluding steroid dienone is 6. The van der Waals surface area contributed by atoms with Gasteiger partial charge in [-0.25, -0.2) is 4.79 Å². The van der Waals surface area contributed by atoms with Gasteiger partial charge in [0.2, 0.25) is 0 Å². The van der Waals surface area contributed by atoms with Gasteiger partial charge in [0.15, 0.2) is 5.78 Å². The average Bonchev–Trinajstić information content (AvgIpc) is 2.20. The molecule has 0 aromatic carbocycles. The lowest BCUT2D eigenvalue weighted by atomic mass is 9.97. The van der Waals surface area contributed by atoms with Gasteiger partial charge in [-0.15, -0.1) is 0 Å². The number of oxime groups is 1. The minimum atomic E-state index is -0.488. The van der Waals surface area contributed by atoms with Crippen molar-refractivity contribution in [2.75, 3.05) is 0 Å². The van der Waals surface area contributed by atoms with Gasteiger partial charge in [0.1, 0.15) is 5.71 Å². The van der Waals surface area contributed by atoms with E-state index < -0.39 is 5.97 Å². The SMILES string of the molecule is C/C=C/C1=CC(=N\OC(C)=O)/C(C)=CC1=O. The molecule has 1 aliphatic rings. The molecular weight excluding hydrogens is 206 g/mol. The van der Waals surface area contributed by atoms with Crippen molar-refractivity contribution in [3.8, 4) is 0 Å². The summed E-state index contributed by atoms with van der Waals surface area (Å²) in [5, 5.41) is 3.67. The fourth-order valence-corrected chi connectivity index (χ4v) is 1.21. The summed E-state index contributed by atoms with van der Waals surface area (Å²) < 4.78 is 0. The summed E-state index contributed by atoms with van der Waals surface area (Å²) in [6.07, 6.45) is 6.52. The predicted molar refractivity (Wildman–Crippen MR) is 60.9 cm³/mol. The number of hydrogen-bond donors (Lipinski definition) is 0. The molecule has 0 spiro atoms. The van der Waals surface area contributed by atoms with Crippen molar-refractivity contribution >= 4 is 17.5 Å². The largest absolute Gasteiger partial charge is 0.332 e. The first kappa shape index (κ1) is 12.1. The predicted octanol–water partition coefficient (Wildman–Crippen LogP) is 1.94. The first-order valence-corrected chi connectivity index (χ1v) is 4.87. The number of nitrogens with zero attached hydrogens (tertiary/aromatic N) is 1. The lowest BCUT2D eigenvalue weighted by Crippen LogP contribution is -2.11. The second-order valence-corrected chi connectivity index (χ2v) is 3.35. The summed E-state index contributed by atoms with van der Waals surface area (Å²) in [6.45, 7) is 4.83. The summed E-state index contributed by atoms with van der Waals surface area (Å²) >= 11 is 0. The highest BCUT2D eigenvalue weighted by atomic mass is 16.7. The zero-order valence-electron chi connectivity index (χ0n) is 9.48. The van der Waals surface area contributed by atoms with E-state index in [9.17, 15) is 9.59 Å². The Hall–Kier alpha value is -1.97. The minimum absolute atomic E-state index is 0.0719. The molecule has 0 atom stereocenters. The molecule has 0 aliphatic heterocycles. The van der Waals surface area contributed by atoms with Gasteiger partial charge >= 0.3 is 5.97 Å². The average molecular weight is 219 g/mol. The molecule has 0 fully saturated rings. The highest BCUT2D eigenvalue weighted by Crippen LogP contribution is 2.13. The molecule has 1 aliphatic carbocycles. The summed E-state index contributed by atoms with van der Waals surface area (Å²) in [4.78, 5) is 26.7. The highest BCUT2D eigenvalue weighted by Gasteiger charge is 2.14. The quantitative estimate of drug-likeness (QED) is 0.405. The van der Waals surface area contributed by atoms with Crippen LogP contribution in [0.25, 0.3) is 0 Å². The molecule has 0 bridgehead atoms. The van der Waals surface area contributed by atoms with Gasteiger partial charge in [-0.2, -0.15) is 0 Å². The Kier molecular flexibility index (Phi) is 3.94. The summed E-state index contributed by atoms with van der Waals surface area (Å²) in [5.41, 5.74) is 1.70. The maximum Gasteiger partial charge on any atom is 0.332 e. The van der Waals surface area contributed by atoms with E-state index in [0.717, 1.165) is 0 Å². The second-order valence-electron chi connectivity index (χ2n) is 3.35. The van der Waals surface area contributed by atoms with Crippen LogP contribution in [0.15, 0.2) is 40.6 Å². The van der Waals surface area contributed by atoms with E-state index in [0.29, 0.717) is 16.9 Å². The van der Waals surface area contributed by atoms with E-state index in [1.807, 2.05) is 6.92 Å². The Balaban J connectivity index is 3.00. The topological polar surface area (TPSA) is 55.7 Å². The molecule has 4 heteroatoms. The van der Waals surface area contributed by atoms with Gasteiger partial charge in [0, 0.05) is 12.5 Å². The van der Waals surface area contributed by atoms with E-state index in [1.54, 1.807) is 25.2 Å². The third-order valence-electron chi connectivity index (χ3n) is 1.95. The zero-order chi connectivity index (χ0) is 12.1. The van der Waals surface area contributed by atoms with Crippen LogP contribution < -0.4 is 0 Å². The van der Waals surface area contributed by atoms with Crippen LogP contribution in [0.4, 0.5) is 0 Å². The van der Waals surface area contributed by atoms with Crippen LogP contribution in [0.2, 0.25) is 0 Å². The van der Waals surface area contributed by atoms with Crippen molar-refractivity contribution in [3.63, 3.8) is 0 Å². The molecule has 0 amide bonds. The van der Waals surface area contributed by atoms with Crippen molar-refractivity contribution in [3.05, 3.63) is 35.5 Å². The Labute approximate surface area is 94.0 Å². The number of hydrogen-bond acceptors (Lipinski definition) is 4. The van der Waals surface area contributed by atoms with E-state index in [2.05, 4.69) is 9.99 Å². The monoisotopic (exact) mass is 219 g/mol. The zero-order valence-corrected chi connectivity index (χ0v) is 9.48. The maximum atomic E-state index is 11.5. The van der Waals surface area contributed by atoms with Gasteiger partial charge < -0.3 is 4.84 Å². The molecule has 0 radical (unpaired) electrons. The van der Waals surface area contributed by atoms with Gasteiger partial charge in [0.25, 0.3) is 0 Å². The van der Waals surface area contributed by atoms with Crippen LogP contribution in [-0.4, -0.2) is 17.5 Å². The molecule has 4 nitrogen and oxygen atoms in total. The standard InChI is InChI=1S/C12H13NO3/c1-4-5-10-7-11(13-16-9(3)14)8(2)6-12(10)15/h4-7H,1-3H3/b5-4+,13-11+. The van der Waals surface area contributed by atoms with Crippen LogP contribution in [0.1, 0.15) is 20.8 Å². The van der Waals surface area contributed by atoms with E-state index in [4.69, 9.17) is 0 Å². The Morgan fingerprint density at radius 1 is 1.44 bits per heavy atom. The smallest absolute Gasteiger partial charge is 0.318 e. The maximum absolute atomic E-state index is 11.5.